The minimum absolute atomic E-state index is 0. The highest BCUT2D eigenvalue weighted by Gasteiger charge is 2.25. The van der Waals surface area contributed by atoms with Crippen LogP contribution in [0.3, 0.4) is 0 Å². The summed E-state index contributed by atoms with van der Waals surface area (Å²) < 4.78 is 26.3. The molecule has 0 amide bonds. The molecule has 1 heterocycles. The van der Waals surface area contributed by atoms with Gasteiger partial charge >= 0.3 is 0 Å². The van der Waals surface area contributed by atoms with Gasteiger partial charge in [0.25, 0.3) is 0 Å². The van der Waals surface area contributed by atoms with Crippen LogP contribution in [0.1, 0.15) is 23.6 Å². The highest BCUT2D eigenvalue weighted by Crippen LogP contribution is 2.34. The monoisotopic (exact) mass is 306 g/mol. The standard InChI is InChI=1S/C14H20F2N2O.ClH/c1-10-8-11(16)9-12(14(10)19)13(2-3-15)18-6-4-17-5-7-18;/h8-9,13,17,19H,2-7H2,1H3;1H/t13-;/m1./s1. The molecule has 3 nitrogen and oxygen atoms in total. The van der Waals surface area contributed by atoms with Gasteiger partial charge in [-0.2, -0.15) is 0 Å². The number of nitrogens with zero attached hydrogens (tertiary/aromatic N) is 1. The molecule has 0 aliphatic carbocycles. The maximum Gasteiger partial charge on any atom is 0.124 e. The molecule has 1 aliphatic heterocycles. The van der Waals surface area contributed by atoms with Gasteiger partial charge in [0.2, 0.25) is 0 Å². The fourth-order valence-corrected chi connectivity index (χ4v) is 2.65. The molecule has 1 aromatic carbocycles. The number of halogens is 3. The predicted molar refractivity (Wildman–Crippen MR) is 77.8 cm³/mol. The molecule has 0 radical (unpaired) electrons. The zero-order valence-electron chi connectivity index (χ0n) is 11.5. The lowest BCUT2D eigenvalue weighted by atomic mass is 9.98. The first-order valence-corrected chi connectivity index (χ1v) is 6.63. The van der Waals surface area contributed by atoms with Crippen LogP contribution < -0.4 is 5.32 Å². The van der Waals surface area contributed by atoms with E-state index in [2.05, 4.69) is 10.2 Å². The van der Waals surface area contributed by atoms with Gasteiger partial charge in [-0.1, -0.05) is 0 Å². The molecular formula is C14H21ClF2N2O. The van der Waals surface area contributed by atoms with Gasteiger partial charge in [-0.25, -0.2) is 4.39 Å². The van der Waals surface area contributed by atoms with E-state index in [9.17, 15) is 13.9 Å². The third-order valence-electron chi connectivity index (χ3n) is 3.63. The molecule has 6 heteroatoms. The molecule has 1 aromatic rings. The Labute approximate surface area is 124 Å². The molecule has 0 saturated carbocycles. The van der Waals surface area contributed by atoms with Gasteiger partial charge < -0.3 is 10.4 Å². The van der Waals surface area contributed by atoms with E-state index in [4.69, 9.17) is 0 Å². The SMILES string of the molecule is Cc1cc(F)cc([C@@H](CCF)N2CCNCC2)c1O.Cl. The normalized spacial score (nSPS) is 17.6. The number of phenols is 1. The van der Waals surface area contributed by atoms with Gasteiger partial charge in [0, 0.05) is 37.8 Å². The number of alkyl halides is 1. The Morgan fingerprint density at radius 3 is 2.60 bits per heavy atom. The predicted octanol–water partition coefficient (Wildman–Crippen LogP) is 2.57. The number of nitrogens with one attached hydrogen (secondary N) is 1. The fraction of sp³-hybridized carbons (Fsp3) is 0.571. The van der Waals surface area contributed by atoms with Crippen LogP contribution in [-0.4, -0.2) is 42.9 Å². The third-order valence-corrected chi connectivity index (χ3v) is 3.63. The van der Waals surface area contributed by atoms with E-state index in [1.807, 2.05) is 0 Å². The van der Waals surface area contributed by atoms with Crippen molar-refractivity contribution in [3.63, 3.8) is 0 Å². The average Bonchev–Trinajstić information content (AvgIpc) is 2.41. The van der Waals surface area contributed by atoms with Crippen molar-refractivity contribution in [2.45, 2.75) is 19.4 Å². The summed E-state index contributed by atoms with van der Waals surface area (Å²) >= 11 is 0. The summed E-state index contributed by atoms with van der Waals surface area (Å²) in [6, 6.07) is 2.36. The van der Waals surface area contributed by atoms with Crippen molar-refractivity contribution >= 4 is 12.4 Å². The number of benzene rings is 1. The molecule has 0 unspecified atom stereocenters. The van der Waals surface area contributed by atoms with Gasteiger partial charge in [-0.3, -0.25) is 9.29 Å². The Morgan fingerprint density at radius 1 is 1.35 bits per heavy atom. The molecule has 1 saturated heterocycles. The van der Waals surface area contributed by atoms with Gasteiger partial charge in [-0.05, 0) is 31.0 Å². The molecule has 2 N–H and O–H groups in total. The van der Waals surface area contributed by atoms with Crippen molar-refractivity contribution in [3.8, 4) is 5.75 Å². The Morgan fingerprint density at radius 2 is 2.00 bits per heavy atom. The molecule has 20 heavy (non-hydrogen) atoms. The van der Waals surface area contributed by atoms with Gasteiger partial charge in [0.15, 0.2) is 0 Å². The number of piperazine rings is 1. The Hall–Kier alpha value is -0.910. The van der Waals surface area contributed by atoms with Crippen molar-refractivity contribution in [2.24, 2.45) is 0 Å². The molecule has 1 atom stereocenters. The van der Waals surface area contributed by atoms with E-state index in [1.165, 1.54) is 12.1 Å². The number of rotatable bonds is 4. The number of aromatic hydroxyl groups is 1. The lowest BCUT2D eigenvalue weighted by molar-refractivity contribution is 0.154. The molecular weight excluding hydrogens is 286 g/mol. The quantitative estimate of drug-likeness (QED) is 0.897. The van der Waals surface area contributed by atoms with Crippen molar-refractivity contribution in [1.29, 1.82) is 0 Å². The van der Waals surface area contributed by atoms with Gasteiger partial charge in [-0.15, -0.1) is 12.4 Å². The Balaban J connectivity index is 0.00000200. The van der Waals surface area contributed by atoms with Crippen molar-refractivity contribution < 1.29 is 13.9 Å². The van der Waals surface area contributed by atoms with Crippen LogP contribution in [0.5, 0.6) is 5.75 Å². The molecule has 0 bridgehead atoms. The molecule has 1 aliphatic rings. The van der Waals surface area contributed by atoms with Gasteiger partial charge in [0.1, 0.15) is 11.6 Å². The summed E-state index contributed by atoms with van der Waals surface area (Å²) in [4.78, 5) is 2.10. The lowest BCUT2D eigenvalue weighted by Gasteiger charge is -2.35. The smallest absolute Gasteiger partial charge is 0.124 e. The number of hydrogen-bond acceptors (Lipinski definition) is 3. The van der Waals surface area contributed by atoms with Crippen LogP contribution in [0.2, 0.25) is 0 Å². The first-order valence-electron chi connectivity index (χ1n) is 6.63. The van der Waals surface area contributed by atoms with Crippen LogP contribution in [0.25, 0.3) is 0 Å². The highest BCUT2D eigenvalue weighted by molar-refractivity contribution is 5.85. The molecule has 114 valence electrons. The number of phenolic OH excluding ortho intramolecular Hbond substituents is 1. The zero-order chi connectivity index (χ0) is 13.8. The summed E-state index contributed by atoms with van der Waals surface area (Å²) in [5.41, 5.74) is 0.992. The van der Waals surface area contributed by atoms with Crippen molar-refractivity contribution in [2.75, 3.05) is 32.9 Å². The van der Waals surface area contributed by atoms with Crippen molar-refractivity contribution in [1.82, 2.24) is 10.2 Å². The minimum Gasteiger partial charge on any atom is -0.507 e. The fourth-order valence-electron chi connectivity index (χ4n) is 2.65. The van der Waals surface area contributed by atoms with E-state index < -0.39 is 6.67 Å². The van der Waals surface area contributed by atoms with E-state index in [-0.39, 0.29) is 36.4 Å². The van der Waals surface area contributed by atoms with Crippen LogP contribution in [0, 0.1) is 12.7 Å². The summed E-state index contributed by atoms with van der Waals surface area (Å²) in [5.74, 6) is -0.303. The zero-order valence-corrected chi connectivity index (χ0v) is 12.3. The second kappa shape index (κ2) is 7.76. The summed E-state index contributed by atoms with van der Waals surface area (Å²) in [5, 5.41) is 13.3. The van der Waals surface area contributed by atoms with Crippen LogP contribution in [0.4, 0.5) is 8.78 Å². The summed E-state index contributed by atoms with van der Waals surface area (Å²) in [6.07, 6.45) is 0.274. The van der Waals surface area contributed by atoms with Gasteiger partial charge in [0.05, 0.1) is 6.67 Å². The largest absolute Gasteiger partial charge is 0.507 e. The average molecular weight is 307 g/mol. The molecule has 0 aromatic heterocycles. The summed E-state index contributed by atoms with van der Waals surface area (Å²) in [7, 11) is 0. The van der Waals surface area contributed by atoms with Crippen molar-refractivity contribution in [3.05, 3.63) is 29.1 Å². The van der Waals surface area contributed by atoms with E-state index in [0.717, 1.165) is 26.2 Å². The second-order valence-corrected chi connectivity index (χ2v) is 4.94. The number of aryl methyl sites for hydroxylation is 1. The first kappa shape index (κ1) is 17.1. The maximum atomic E-state index is 13.5. The van der Waals surface area contributed by atoms with Crippen LogP contribution >= 0.6 is 12.4 Å². The van der Waals surface area contributed by atoms with E-state index >= 15 is 0 Å². The molecule has 1 fully saturated rings. The Kier molecular flexibility index (Phi) is 6.65. The molecule has 0 spiro atoms. The minimum atomic E-state index is -0.483. The third kappa shape index (κ3) is 3.81. The Bertz CT molecular complexity index is 439. The van der Waals surface area contributed by atoms with Crippen LogP contribution in [0.15, 0.2) is 12.1 Å². The lowest BCUT2D eigenvalue weighted by Crippen LogP contribution is -2.45. The number of hydrogen-bond donors (Lipinski definition) is 2. The first-order chi connectivity index (χ1) is 9.13. The van der Waals surface area contributed by atoms with Crippen LogP contribution in [-0.2, 0) is 0 Å². The summed E-state index contributed by atoms with van der Waals surface area (Å²) in [6.45, 7) is 4.39. The maximum absolute atomic E-state index is 13.5. The highest BCUT2D eigenvalue weighted by atomic mass is 35.5. The topological polar surface area (TPSA) is 35.5 Å². The molecule has 2 rings (SSSR count). The van der Waals surface area contributed by atoms with E-state index in [0.29, 0.717) is 11.1 Å². The second-order valence-electron chi connectivity index (χ2n) is 4.94. The van der Waals surface area contributed by atoms with E-state index in [1.54, 1.807) is 6.92 Å².